The Balaban J connectivity index is 2.59. The monoisotopic (exact) mass is 194 g/mol. The summed E-state index contributed by atoms with van der Waals surface area (Å²) in [7, 11) is 1.82. The zero-order valence-electron chi connectivity index (χ0n) is 8.05. The van der Waals surface area contributed by atoms with E-state index in [-0.39, 0.29) is 0 Å². The third kappa shape index (κ3) is 2.74. The number of aliphatic carboxylic acids is 1. The first-order chi connectivity index (χ1) is 6.61. The number of hydrogen-bond donors (Lipinski definition) is 2. The van der Waals surface area contributed by atoms with Crippen LogP contribution in [0.5, 0.6) is 0 Å². The molecule has 0 aliphatic carbocycles. The van der Waals surface area contributed by atoms with Gasteiger partial charge in [0.1, 0.15) is 6.04 Å². The molecule has 0 heterocycles. The van der Waals surface area contributed by atoms with Crippen LogP contribution in [-0.4, -0.2) is 30.7 Å². The maximum atomic E-state index is 10.5. The minimum Gasteiger partial charge on any atom is -0.480 e. The number of nitrogens with two attached hydrogens (primary N) is 1. The van der Waals surface area contributed by atoms with Gasteiger partial charge in [-0.2, -0.15) is 0 Å². The molecule has 0 amide bonds. The average Bonchev–Trinajstić information content (AvgIpc) is 2.19. The molecule has 0 unspecified atom stereocenters. The van der Waals surface area contributed by atoms with Crippen LogP contribution in [0.2, 0.25) is 0 Å². The predicted octanol–water partition coefficient (Wildman–Crippen LogP) is 0.535. The Labute approximate surface area is 82.9 Å². The van der Waals surface area contributed by atoms with E-state index < -0.39 is 12.0 Å². The molecule has 3 N–H and O–H groups in total. The van der Waals surface area contributed by atoms with E-state index >= 15 is 0 Å². The summed E-state index contributed by atoms with van der Waals surface area (Å²) >= 11 is 0. The van der Waals surface area contributed by atoms with Crippen molar-refractivity contribution in [1.29, 1.82) is 0 Å². The lowest BCUT2D eigenvalue weighted by Gasteiger charge is -2.21. The molecule has 0 aliphatic rings. The molecule has 0 fully saturated rings. The molecule has 1 aromatic carbocycles. The molecule has 1 atom stereocenters. The van der Waals surface area contributed by atoms with Crippen molar-refractivity contribution < 1.29 is 9.90 Å². The molecule has 76 valence electrons. The van der Waals surface area contributed by atoms with Crippen molar-refractivity contribution in [3.63, 3.8) is 0 Å². The van der Waals surface area contributed by atoms with Crippen molar-refractivity contribution in [2.24, 2.45) is 5.73 Å². The van der Waals surface area contributed by atoms with E-state index in [1.54, 1.807) is 0 Å². The standard InChI is InChI=1S/C10H14N2O2/c1-12(7-9(11)10(13)14)8-5-3-2-4-6-8/h2-6,9H,7,11H2,1H3,(H,13,14)/t9-/m1/s1. The lowest BCUT2D eigenvalue weighted by Crippen LogP contribution is -2.41. The summed E-state index contributed by atoms with van der Waals surface area (Å²) < 4.78 is 0. The number of carbonyl (C=O) groups is 1. The van der Waals surface area contributed by atoms with Crippen LogP contribution in [0.15, 0.2) is 30.3 Å². The quantitative estimate of drug-likeness (QED) is 0.734. The van der Waals surface area contributed by atoms with Crippen LogP contribution in [0, 0.1) is 0 Å². The second-order valence-electron chi connectivity index (χ2n) is 3.16. The summed E-state index contributed by atoms with van der Waals surface area (Å²) in [5.74, 6) is -0.979. The molecule has 0 spiro atoms. The molecule has 4 nitrogen and oxygen atoms in total. The Morgan fingerprint density at radius 1 is 1.50 bits per heavy atom. The third-order valence-corrected chi connectivity index (χ3v) is 1.98. The molecule has 1 rings (SSSR count). The van der Waals surface area contributed by atoms with Crippen LogP contribution in [0.1, 0.15) is 0 Å². The number of rotatable bonds is 4. The number of para-hydroxylation sites is 1. The van der Waals surface area contributed by atoms with Gasteiger partial charge >= 0.3 is 5.97 Å². The number of carboxylic acid groups (broad SMARTS) is 1. The highest BCUT2D eigenvalue weighted by Crippen LogP contribution is 2.10. The summed E-state index contributed by atoms with van der Waals surface area (Å²) in [6.07, 6.45) is 0. The molecule has 0 saturated carbocycles. The number of likely N-dealkylation sites (N-methyl/N-ethyl adjacent to an activating group) is 1. The largest absolute Gasteiger partial charge is 0.480 e. The van der Waals surface area contributed by atoms with Gasteiger partial charge in [0.05, 0.1) is 0 Å². The Morgan fingerprint density at radius 3 is 2.57 bits per heavy atom. The Hall–Kier alpha value is -1.55. The fourth-order valence-corrected chi connectivity index (χ4v) is 1.16. The van der Waals surface area contributed by atoms with E-state index in [2.05, 4.69) is 0 Å². The topological polar surface area (TPSA) is 66.6 Å². The average molecular weight is 194 g/mol. The summed E-state index contributed by atoms with van der Waals surface area (Å²) in [4.78, 5) is 12.3. The van der Waals surface area contributed by atoms with Gasteiger partial charge in [0.2, 0.25) is 0 Å². The molecule has 4 heteroatoms. The highest BCUT2D eigenvalue weighted by atomic mass is 16.4. The van der Waals surface area contributed by atoms with E-state index in [1.165, 1.54) is 0 Å². The Morgan fingerprint density at radius 2 is 2.07 bits per heavy atom. The summed E-state index contributed by atoms with van der Waals surface area (Å²) in [5, 5.41) is 8.63. The minimum atomic E-state index is -0.979. The van der Waals surface area contributed by atoms with E-state index in [0.29, 0.717) is 6.54 Å². The molecule has 0 radical (unpaired) electrons. The molecule has 0 aromatic heterocycles. The number of benzene rings is 1. The van der Waals surface area contributed by atoms with Gasteiger partial charge in [0.25, 0.3) is 0 Å². The number of nitrogens with zero attached hydrogens (tertiary/aromatic N) is 1. The van der Waals surface area contributed by atoms with Crippen molar-refractivity contribution in [3.8, 4) is 0 Å². The molecule has 0 bridgehead atoms. The molecular weight excluding hydrogens is 180 g/mol. The van der Waals surface area contributed by atoms with Crippen molar-refractivity contribution in [3.05, 3.63) is 30.3 Å². The SMILES string of the molecule is CN(C[C@@H](N)C(=O)O)c1ccccc1. The van der Waals surface area contributed by atoms with Crippen molar-refractivity contribution in [2.45, 2.75) is 6.04 Å². The smallest absolute Gasteiger partial charge is 0.322 e. The summed E-state index contributed by atoms with van der Waals surface area (Å²) in [5.41, 5.74) is 6.38. The second kappa shape index (κ2) is 4.62. The van der Waals surface area contributed by atoms with Gasteiger partial charge in [0, 0.05) is 19.3 Å². The van der Waals surface area contributed by atoms with Crippen molar-refractivity contribution in [2.75, 3.05) is 18.5 Å². The van der Waals surface area contributed by atoms with E-state index in [1.807, 2.05) is 42.3 Å². The first-order valence-electron chi connectivity index (χ1n) is 4.36. The summed E-state index contributed by atoms with van der Waals surface area (Å²) in [6.45, 7) is 0.305. The lowest BCUT2D eigenvalue weighted by atomic mass is 10.2. The first-order valence-corrected chi connectivity index (χ1v) is 4.36. The fourth-order valence-electron chi connectivity index (χ4n) is 1.16. The number of carboxylic acids is 1. The molecule has 1 aromatic rings. The van der Waals surface area contributed by atoms with Gasteiger partial charge in [-0.25, -0.2) is 0 Å². The number of anilines is 1. The highest BCUT2D eigenvalue weighted by molar-refractivity contribution is 5.74. The van der Waals surface area contributed by atoms with Crippen LogP contribution in [-0.2, 0) is 4.79 Å². The van der Waals surface area contributed by atoms with Crippen LogP contribution < -0.4 is 10.6 Å². The van der Waals surface area contributed by atoms with Gasteiger partial charge < -0.3 is 15.7 Å². The molecule has 14 heavy (non-hydrogen) atoms. The maximum Gasteiger partial charge on any atom is 0.322 e. The zero-order chi connectivity index (χ0) is 10.6. The van der Waals surface area contributed by atoms with Gasteiger partial charge in [-0.05, 0) is 12.1 Å². The summed E-state index contributed by atoms with van der Waals surface area (Å²) in [6, 6.07) is 8.69. The lowest BCUT2D eigenvalue weighted by molar-refractivity contribution is -0.138. The second-order valence-corrected chi connectivity index (χ2v) is 3.16. The Bertz CT molecular complexity index is 300. The minimum absolute atomic E-state index is 0.305. The van der Waals surface area contributed by atoms with Gasteiger partial charge in [0.15, 0.2) is 0 Å². The highest BCUT2D eigenvalue weighted by Gasteiger charge is 2.13. The third-order valence-electron chi connectivity index (χ3n) is 1.98. The molecule has 0 aliphatic heterocycles. The van der Waals surface area contributed by atoms with Gasteiger partial charge in [-0.15, -0.1) is 0 Å². The Kier molecular flexibility index (Phi) is 3.48. The number of hydrogen-bond acceptors (Lipinski definition) is 3. The zero-order valence-corrected chi connectivity index (χ0v) is 8.05. The van der Waals surface area contributed by atoms with Crippen LogP contribution in [0.4, 0.5) is 5.69 Å². The predicted molar refractivity (Wildman–Crippen MR) is 55.3 cm³/mol. The van der Waals surface area contributed by atoms with Crippen LogP contribution >= 0.6 is 0 Å². The van der Waals surface area contributed by atoms with Gasteiger partial charge in [-0.1, -0.05) is 18.2 Å². The van der Waals surface area contributed by atoms with Crippen molar-refractivity contribution >= 4 is 11.7 Å². The maximum absolute atomic E-state index is 10.5. The van der Waals surface area contributed by atoms with E-state index in [9.17, 15) is 4.79 Å². The van der Waals surface area contributed by atoms with Gasteiger partial charge in [-0.3, -0.25) is 4.79 Å². The first kappa shape index (κ1) is 10.5. The van der Waals surface area contributed by atoms with E-state index in [4.69, 9.17) is 10.8 Å². The molecular formula is C10H14N2O2. The fraction of sp³-hybridized carbons (Fsp3) is 0.300. The normalized spacial score (nSPS) is 12.1. The van der Waals surface area contributed by atoms with Crippen molar-refractivity contribution in [1.82, 2.24) is 0 Å². The molecule has 0 saturated heterocycles. The van der Waals surface area contributed by atoms with E-state index in [0.717, 1.165) is 5.69 Å². The van der Waals surface area contributed by atoms with Crippen LogP contribution in [0.25, 0.3) is 0 Å². The van der Waals surface area contributed by atoms with Crippen LogP contribution in [0.3, 0.4) is 0 Å².